The van der Waals surface area contributed by atoms with Gasteiger partial charge in [0.15, 0.2) is 23.1 Å². The summed E-state index contributed by atoms with van der Waals surface area (Å²) in [5, 5.41) is 12.9. The molecule has 2 unspecified atom stereocenters. The number of anilines is 1. The van der Waals surface area contributed by atoms with E-state index in [1.807, 2.05) is 0 Å². The molecule has 6 atom stereocenters. The largest absolute Gasteiger partial charge is 0.476 e. The van der Waals surface area contributed by atoms with Crippen molar-refractivity contribution >= 4 is 41.2 Å². The van der Waals surface area contributed by atoms with Gasteiger partial charge in [0.1, 0.15) is 18.2 Å². The van der Waals surface area contributed by atoms with Gasteiger partial charge in [-0.2, -0.15) is 9.97 Å². The van der Waals surface area contributed by atoms with Crippen molar-refractivity contribution in [2.24, 2.45) is 0 Å². The zero-order valence-corrected chi connectivity index (χ0v) is 21.5. The number of esters is 1. The molecule has 0 aliphatic carbocycles. The van der Waals surface area contributed by atoms with Crippen LogP contribution >= 0.6 is 18.1 Å². The highest BCUT2D eigenvalue weighted by Gasteiger charge is 2.56. The number of nitrogens with two attached hydrogens (primary N) is 1. The maximum atomic E-state index is 15.7. The Morgan fingerprint density at radius 2 is 2.14 bits per heavy atom. The molecule has 2 aromatic rings. The second-order valence-electron chi connectivity index (χ2n) is 8.38. The minimum Gasteiger partial charge on any atom is -0.476 e. The van der Waals surface area contributed by atoms with Gasteiger partial charge in [0, 0.05) is 0 Å². The number of rotatable bonds is 10. The number of carbonyl (C=O) groups is 1. The molecular weight excluding hydrogens is 510 g/mol. The zero-order valence-electron chi connectivity index (χ0n) is 19.8. The van der Waals surface area contributed by atoms with Crippen molar-refractivity contribution in [3.8, 4) is 5.88 Å². The highest BCUT2D eigenvalue weighted by Crippen LogP contribution is 2.50. The van der Waals surface area contributed by atoms with Gasteiger partial charge in [0.2, 0.25) is 11.8 Å². The Kier molecular flexibility index (Phi) is 8.24. The summed E-state index contributed by atoms with van der Waals surface area (Å²) >= 11 is 5.91. The van der Waals surface area contributed by atoms with Crippen molar-refractivity contribution in [2.75, 3.05) is 18.9 Å². The number of aliphatic hydroxyl groups is 1. The highest BCUT2D eigenvalue weighted by atomic mass is 35.7. The molecule has 16 heteroatoms. The first kappa shape index (κ1) is 27.5. The van der Waals surface area contributed by atoms with Crippen LogP contribution in [0.25, 0.3) is 11.2 Å². The molecule has 0 bridgehead atoms. The molecule has 35 heavy (non-hydrogen) atoms. The lowest BCUT2D eigenvalue weighted by Crippen LogP contribution is -2.41. The lowest BCUT2D eigenvalue weighted by Gasteiger charge is -2.24. The maximum Gasteiger partial charge on any atom is 0.361 e. The quantitative estimate of drug-likeness (QED) is 0.297. The van der Waals surface area contributed by atoms with Crippen molar-refractivity contribution < 1.29 is 37.6 Å². The van der Waals surface area contributed by atoms with Crippen LogP contribution in [0.3, 0.4) is 0 Å². The summed E-state index contributed by atoms with van der Waals surface area (Å²) < 4.78 is 50.8. The number of aliphatic hydroxyl groups excluding tert-OH is 1. The van der Waals surface area contributed by atoms with Crippen LogP contribution in [0, 0.1) is 0 Å². The molecule has 2 aromatic heterocycles. The molecule has 0 aromatic carbocycles. The van der Waals surface area contributed by atoms with E-state index in [9.17, 15) is 14.5 Å². The Morgan fingerprint density at radius 3 is 2.77 bits per heavy atom. The second kappa shape index (κ2) is 10.5. The number of nitrogens with one attached hydrogen (secondary N) is 1. The van der Waals surface area contributed by atoms with Crippen molar-refractivity contribution in [1.29, 1.82) is 0 Å². The number of nitrogens with zero attached hydrogens (tertiary/aromatic N) is 4. The number of aromatic nitrogens is 4. The fourth-order valence-electron chi connectivity index (χ4n) is 3.49. The van der Waals surface area contributed by atoms with E-state index in [1.165, 1.54) is 17.8 Å². The second-order valence-corrected chi connectivity index (χ2v) is 11.2. The van der Waals surface area contributed by atoms with Gasteiger partial charge in [-0.25, -0.2) is 14.5 Å². The number of ether oxygens (including phenoxy) is 3. The van der Waals surface area contributed by atoms with Crippen LogP contribution in [0.5, 0.6) is 5.88 Å². The Labute approximate surface area is 205 Å². The summed E-state index contributed by atoms with van der Waals surface area (Å²) in [5.74, 6) is -0.689. The molecule has 196 valence electrons. The van der Waals surface area contributed by atoms with Gasteiger partial charge in [-0.3, -0.25) is 13.9 Å². The van der Waals surface area contributed by atoms with Crippen LogP contribution in [-0.2, 0) is 23.4 Å². The van der Waals surface area contributed by atoms with Gasteiger partial charge in [0.05, 0.1) is 25.6 Å². The van der Waals surface area contributed by atoms with Crippen LogP contribution in [0.4, 0.5) is 10.3 Å². The third-order valence-corrected chi connectivity index (χ3v) is 6.88. The molecule has 13 nitrogen and oxygen atoms in total. The van der Waals surface area contributed by atoms with Gasteiger partial charge in [-0.05, 0) is 45.9 Å². The minimum absolute atomic E-state index is 0.118. The highest BCUT2D eigenvalue weighted by molar-refractivity contribution is 7.83. The molecule has 1 aliphatic rings. The summed E-state index contributed by atoms with van der Waals surface area (Å²) in [7, 11) is 0. The molecule has 1 fully saturated rings. The van der Waals surface area contributed by atoms with E-state index < -0.39 is 49.6 Å². The first-order valence-corrected chi connectivity index (χ1v) is 13.4. The number of hydrogen-bond donors (Lipinski definition) is 3. The van der Waals surface area contributed by atoms with E-state index in [0.29, 0.717) is 0 Å². The van der Waals surface area contributed by atoms with Crippen LogP contribution in [0.15, 0.2) is 6.33 Å². The van der Waals surface area contributed by atoms with Crippen LogP contribution in [0.2, 0.25) is 0 Å². The smallest absolute Gasteiger partial charge is 0.361 e. The van der Waals surface area contributed by atoms with E-state index >= 15 is 4.39 Å². The number of imidazole rings is 1. The average molecular weight is 539 g/mol. The standard InChI is InChI=1S/C19H29ClFN6O7P/c1-6-31-15-12-14(24-18(22)25-15)27(8-23-12)17-19(5,21)13(28)11(34-17)7-32-35(20,30)26-10(4)16(29)33-9(2)3/h8-11,13,17,28H,6-7H2,1-5H3,(H,26,30)(H2,22,24,25)/t10-,11+,13+,17+,19?,35?/m0/s1. The topological polar surface area (TPSA) is 173 Å². The molecule has 3 heterocycles. The van der Waals surface area contributed by atoms with Crippen LogP contribution < -0.4 is 15.6 Å². The molecule has 4 N–H and O–H groups in total. The number of carbonyl (C=O) groups excluding carboxylic acids is 1. The Balaban J connectivity index is 1.75. The van der Waals surface area contributed by atoms with Gasteiger partial charge in [-0.15, -0.1) is 0 Å². The third-order valence-electron chi connectivity index (χ3n) is 5.12. The van der Waals surface area contributed by atoms with Crippen molar-refractivity contribution in [3.63, 3.8) is 0 Å². The third kappa shape index (κ3) is 6.01. The van der Waals surface area contributed by atoms with E-state index in [2.05, 4.69) is 20.0 Å². The summed E-state index contributed by atoms with van der Waals surface area (Å²) in [6.45, 7) is 3.26. The SMILES string of the molecule is CCOc1nc(N)nc2c1ncn2[C@@H]1O[C@H](COP(=O)(Cl)N[C@@H](C)C(=O)OC(C)C)[C@@H](O)C1(C)F. The molecule has 3 rings (SSSR count). The summed E-state index contributed by atoms with van der Waals surface area (Å²) in [5.41, 5.74) is 3.77. The van der Waals surface area contributed by atoms with Crippen LogP contribution in [0.1, 0.15) is 40.8 Å². The zero-order chi connectivity index (χ0) is 26.1. The van der Waals surface area contributed by atoms with Crippen molar-refractivity contribution in [1.82, 2.24) is 24.6 Å². The van der Waals surface area contributed by atoms with Gasteiger partial charge >= 0.3 is 12.8 Å². The summed E-state index contributed by atoms with van der Waals surface area (Å²) in [6, 6.07) is -1.05. The Bertz CT molecular complexity index is 1120. The lowest BCUT2D eigenvalue weighted by molar-refractivity contribution is -0.149. The average Bonchev–Trinajstić information content (AvgIpc) is 3.24. The number of alkyl halides is 1. The molecule has 1 saturated heterocycles. The monoisotopic (exact) mass is 538 g/mol. The van der Waals surface area contributed by atoms with E-state index in [1.54, 1.807) is 20.8 Å². The fourth-order valence-corrected chi connectivity index (χ4v) is 5.08. The number of hydrogen-bond acceptors (Lipinski definition) is 11. The predicted octanol–water partition coefficient (Wildman–Crippen LogP) is 2.09. The van der Waals surface area contributed by atoms with Crippen LogP contribution in [-0.4, -0.2) is 73.8 Å². The van der Waals surface area contributed by atoms with E-state index in [-0.39, 0.29) is 35.7 Å². The first-order chi connectivity index (χ1) is 16.3. The summed E-state index contributed by atoms with van der Waals surface area (Å²) in [4.78, 5) is 24.2. The first-order valence-electron chi connectivity index (χ1n) is 10.8. The van der Waals surface area contributed by atoms with E-state index in [0.717, 1.165) is 6.92 Å². The normalized spacial score (nSPS) is 27.2. The number of halogens is 2. The van der Waals surface area contributed by atoms with E-state index in [4.69, 9.17) is 35.7 Å². The maximum absolute atomic E-state index is 15.7. The molecular formula is C19H29ClFN6O7P. The van der Waals surface area contributed by atoms with Gasteiger partial charge in [-0.1, -0.05) is 0 Å². The van der Waals surface area contributed by atoms with Crippen molar-refractivity contribution in [3.05, 3.63) is 6.33 Å². The molecule has 0 spiro atoms. The molecule has 1 aliphatic heterocycles. The predicted molar refractivity (Wildman–Crippen MR) is 124 cm³/mol. The number of fused-ring (bicyclic) bond motifs is 1. The Morgan fingerprint density at radius 1 is 1.46 bits per heavy atom. The molecule has 0 radical (unpaired) electrons. The Hall–Kier alpha value is -2.09. The lowest BCUT2D eigenvalue weighted by atomic mass is 9.98. The van der Waals surface area contributed by atoms with Crippen molar-refractivity contribution in [2.45, 2.75) is 70.9 Å². The summed E-state index contributed by atoms with van der Waals surface area (Å²) in [6.07, 6.45) is -3.49. The number of nitrogen functional groups attached to an aromatic ring is 1. The molecule has 0 amide bonds. The van der Waals surface area contributed by atoms with Gasteiger partial charge in [0.25, 0.3) is 0 Å². The van der Waals surface area contributed by atoms with Gasteiger partial charge < -0.3 is 29.6 Å². The molecule has 0 saturated carbocycles. The fraction of sp³-hybridized carbons (Fsp3) is 0.684. The minimum atomic E-state index is -4.07.